The third-order valence-electron chi connectivity index (χ3n) is 4.97. The van der Waals surface area contributed by atoms with Crippen LogP contribution in [-0.4, -0.2) is 33.6 Å². The highest BCUT2D eigenvalue weighted by Crippen LogP contribution is 2.36. The summed E-state index contributed by atoms with van der Waals surface area (Å²) in [7, 11) is -0.0330. The second-order valence-electron chi connectivity index (χ2n) is 7.92. The summed E-state index contributed by atoms with van der Waals surface area (Å²) >= 11 is 0. The van der Waals surface area contributed by atoms with E-state index in [2.05, 4.69) is 38.8 Å². The van der Waals surface area contributed by atoms with E-state index >= 15 is 0 Å². The van der Waals surface area contributed by atoms with Crippen LogP contribution in [-0.2, 0) is 4.43 Å². The molecule has 0 spiro atoms. The lowest BCUT2D eigenvalue weighted by Crippen LogP contribution is -2.41. The van der Waals surface area contributed by atoms with Gasteiger partial charge < -0.3 is 13.9 Å². The predicted molar refractivity (Wildman–Crippen MR) is 109 cm³/mol. The maximum absolute atomic E-state index is 6.20. The Morgan fingerprint density at radius 2 is 1.77 bits per heavy atom. The molecule has 0 atom stereocenters. The topological polar surface area (TPSA) is 40.6 Å². The summed E-state index contributed by atoms with van der Waals surface area (Å²) in [6.45, 7) is 12.6. The number of rotatable bonds is 8. The van der Waals surface area contributed by atoms with Crippen LogP contribution < -0.4 is 9.47 Å². The van der Waals surface area contributed by atoms with Crippen molar-refractivity contribution in [2.45, 2.75) is 45.3 Å². The maximum atomic E-state index is 6.20. The Hall–Kier alpha value is -1.85. The van der Waals surface area contributed by atoms with Crippen LogP contribution in [0.4, 0.5) is 0 Å². The number of aromatic nitrogens is 1. The van der Waals surface area contributed by atoms with E-state index in [9.17, 15) is 0 Å². The zero-order valence-corrected chi connectivity index (χ0v) is 17.8. The van der Waals surface area contributed by atoms with E-state index < -0.39 is 8.32 Å². The first kappa shape index (κ1) is 20.5. The van der Waals surface area contributed by atoms with E-state index in [-0.39, 0.29) is 5.04 Å². The molecule has 4 nitrogen and oxygen atoms in total. The zero-order valence-electron chi connectivity index (χ0n) is 16.8. The average molecular weight is 374 g/mol. The minimum absolute atomic E-state index is 0.231. The van der Waals surface area contributed by atoms with E-state index in [0.29, 0.717) is 6.61 Å². The summed E-state index contributed by atoms with van der Waals surface area (Å²) in [6.07, 6.45) is 4.47. The summed E-state index contributed by atoms with van der Waals surface area (Å²) in [5, 5.41) is 0.231. The molecule has 0 saturated carbocycles. The molecule has 0 N–H and O–H groups in total. The largest absolute Gasteiger partial charge is 0.493 e. The van der Waals surface area contributed by atoms with Crippen molar-refractivity contribution in [2.75, 3.05) is 20.3 Å². The molecule has 0 bridgehead atoms. The fourth-order valence-corrected chi connectivity index (χ4v) is 3.38. The van der Waals surface area contributed by atoms with Crippen molar-refractivity contribution >= 4 is 8.32 Å². The van der Waals surface area contributed by atoms with Crippen molar-refractivity contribution in [3.63, 3.8) is 0 Å². The summed E-state index contributed by atoms with van der Waals surface area (Å²) < 4.78 is 17.6. The van der Waals surface area contributed by atoms with Gasteiger partial charge >= 0.3 is 0 Å². The summed E-state index contributed by atoms with van der Waals surface area (Å²) in [6, 6.07) is 9.92. The second kappa shape index (κ2) is 8.69. The molecular formula is C21H31NO3Si. The van der Waals surface area contributed by atoms with Crippen molar-refractivity contribution in [1.29, 1.82) is 0 Å². The van der Waals surface area contributed by atoms with Gasteiger partial charge in [0.1, 0.15) is 0 Å². The van der Waals surface area contributed by atoms with Gasteiger partial charge in [0, 0.05) is 31.0 Å². The molecule has 0 saturated heterocycles. The second-order valence-corrected chi connectivity index (χ2v) is 12.7. The zero-order chi connectivity index (χ0) is 19.2. The van der Waals surface area contributed by atoms with Crippen molar-refractivity contribution in [3.8, 4) is 22.6 Å². The van der Waals surface area contributed by atoms with Gasteiger partial charge in [-0.3, -0.25) is 4.98 Å². The lowest BCUT2D eigenvalue weighted by molar-refractivity contribution is 0.228. The van der Waals surface area contributed by atoms with E-state index in [1.54, 1.807) is 13.3 Å². The Bertz CT molecular complexity index is 696. The first-order valence-corrected chi connectivity index (χ1v) is 12.0. The molecule has 0 aliphatic heterocycles. The summed E-state index contributed by atoms with van der Waals surface area (Å²) in [5.41, 5.74) is 2.12. The van der Waals surface area contributed by atoms with Crippen LogP contribution in [0.5, 0.6) is 11.5 Å². The van der Waals surface area contributed by atoms with E-state index in [1.165, 1.54) is 0 Å². The molecule has 26 heavy (non-hydrogen) atoms. The Morgan fingerprint density at radius 1 is 1.00 bits per heavy atom. The van der Waals surface area contributed by atoms with E-state index in [4.69, 9.17) is 13.9 Å². The van der Waals surface area contributed by atoms with Crippen LogP contribution in [0.1, 0.15) is 27.2 Å². The molecule has 1 heterocycles. The molecular weight excluding hydrogens is 342 g/mol. The van der Waals surface area contributed by atoms with Gasteiger partial charge in [0.2, 0.25) is 0 Å². The van der Waals surface area contributed by atoms with E-state index in [0.717, 1.165) is 35.7 Å². The summed E-state index contributed by atoms with van der Waals surface area (Å²) in [4.78, 5) is 4.18. The van der Waals surface area contributed by atoms with Crippen molar-refractivity contribution in [3.05, 3.63) is 42.7 Å². The Morgan fingerprint density at radius 3 is 2.38 bits per heavy atom. The van der Waals surface area contributed by atoms with Gasteiger partial charge in [0.15, 0.2) is 19.8 Å². The number of ether oxygens (including phenoxy) is 2. The van der Waals surface area contributed by atoms with Crippen LogP contribution in [0.15, 0.2) is 42.7 Å². The molecule has 0 amide bonds. The number of hydrogen-bond acceptors (Lipinski definition) is 4. The molecule has 142 valence electrons. The smallest absolute Gasteiger partial charge is 0.191 e. The molecule has 0 fully saturated rings. The number of nitrogens with zero attached hydrogens (tertiary/aromatic N) is 1. The maximum Gasteiger partial charge on any atom is 0.191 e. The van der Waals surface area contributed by atoms with Gasteiger partial charge in [-0.1, -0.05) is 32.9 Å². The Balaban J connectivity index is 1.94. The molecule has 5 heteroatoms. The van der Waals surface area contributed by atoms with Gasteiger partial charge in [-0.25, -0.2) is 0 Å². The molecule has 2 rings (SSSR count). The molecule has 1 aromatic carbocycles. The monoisotopic (exact) mass is 373 g/mol. The highest BCUT2D eigenvalue weighted by Gasteiger charge is 2.36. The normalized spacial score (nSPS) is 12.1. The lowest BCUT2D eigenvalue weighted by atomic mass is 10.1. The van der Waals surface area contributed by atoms with Crippen molar-refractivity contribution in [2.24, 2.45) is 0 Å². The highest BCUT2D eigenvalue weighted by atomic mass is 28.4. The number of methoxy groups -OCH3 is 1. The van der Waals surface area contributed by atoms with Crippen molar-refractivity contribution < 1.29 is 13.9 Å². The molecule has 0 radical (unpaired) electrons. The van der Waals surface area contributed by atoms with E-state index in [1.807, 2.05) is 36.5 Å². The minimum Gasteiger partial charge on any atom is -0.493 e. The van der Waals surface area contributed by atoms with Gasteiger partial charge in [-0.15, -0.1) is 0 Å². The average Bonchev–Trinajstić information content (AvgIpc) is 2.61. The van der Waals surface area contributed by atoms with Crippen LogP contribution >= 0.6 is 0 Å². The number of benzene rings is 1. The molecule has 2 aromatic rings. The van der Waals surface area contributed by atoms with Gasteiger partial charge in [-0.05, 0) is 41.9 Å². The third-order valence-corrected chi connectivity index (χ3v) is 9.51. The van der Waals surface area contributed by atoms with Gasteiger partial charge in [-0.2, -0.15) is 0 Å². The van der Waals surface area contributed by atoms with Gasteiger partial charge in [0.25, 0.3) is 0 Å². The van der Waals surface area contributed by atoms with Gasteiger partial charge in [0.05, 0.1) is 13.7 Å². The van der Waals surface area contributed by atoms with Crippen LogP contribution in [0, 0.1) is 0 Å². The quantitative estimate of drug-likeness (QED) is 0.449. The first-order chi connectivity index (χ1) is 12.2. The minimum atomic E-state index is -1.69. The Labute approximate surface area is 158 Å². The molecule has 0 unspecified atom stereocenters. The third kappa shape index (κ3) is 5.32. The number of pyridine rings is 1. The van der Waals surface area contributed by atoms with Crippen LogP contribution in [0.3, 0.4) is 0 Å². The fourth-order valence-electron chi connectivity index (χ4n) is 2.29. The standard InChI is InChI=1S/C21H31NO3Si/c1-21(2,3)26(5,6)25-14-8-13-24-20-15-17(10-11-19(20)23-4)18-9-7-12-22-16-18/h7,9-12,15-16H,8,13-14H2,1-6H3. The molecule has 0 aliphatic rings. The Kier molecular flexibility index (Phi) is 6.84. The fraction of sp³-hybridized carbons (Fsp3) is 0.476. The number of hydrogen-bond donors (Lipinski definition) is 0. The molecule has 0 aliphatic carbocycles. The lowest BCUT2D eigenvalue weighted by Gasteiger charge is -2.36. The van der Waals surface area contributed by atoms with Crippen molar-refractivity contribution in [1.82, 2.24) is 4.98 Å². The highest BCUT2D eigenvalue weighted by molar-refractivity contribution is 6.74. The summed E-state index contributed by atoms with van der Waals surface area (Å²) in [5.74, 6) is 1.49. The van der Waals surface area contributed by atoms with Crippen LogP contribution in [0.2, 0.25) is 18.1 Å². The predicted octanol–water partition coefficient (Wildman–Crippen LogP) is 5.55. The molecule has 1 aromatic heterocycles. The SMILES string of the molecule is COc1ccc(-c2cccnc2)cc1OCCCO[Si](C)(C)C(C)(C)C. The first-order valence-electron chi connectivity index (χ1n) is 9.10. The van der Waals surface area contributed by atoms with Crippen LogP contribution in [0.25, 0.3) is 11.1 Å².